The lowest BCUT2D eigenvalue weighted by atomic mass is 10.0. The zero-order chi connectivity index (χ0) is 15.5. The van der Waals surface area contributed by atoms with Gasteiger partial charge in [0.05, 0.1) is 6.54 Å². The molecule has 2 N–H and O–H groups in total. The second-order valence-corrected chi connectivity index (χ2v) is 5.75. The number of nitrogens with one attached hydrogen (secondary N) is 2. The second kappa shape index (κ2) is 12.7. The van der Waals surface area contributed by atoms with Crippen LogP contribution in [0, 0.1) is 5.92 Å². The van der Waals surface area contributed by atoms with Crippen molar-refractivity contribution in [3.63, 3.8) is 0 Å². The standard InChI is InChI=1S/C15H30N6.HI/c1-13(2)9-7-5-6-8-10-17-15(16-3)18-11-14-19-12-20-21(14)4;/h12-13H,5-11H2,1-4H3,(H2,16,17,18);1H. The Morgan fingerprint density at radius 2 is 1.95 bits per heavy atom. The van der Waals surface area contributed by atoms with Gasteiger partial charge in [0.25, 0.3) is 0 Å². The van der Waals surface area contributed by atoms with Crippen molar-refractivity contribution < 1.29 is 0 Å². The van der Waals surface area contributed by atoms with E-state index < -0.39 is 0 Å². The van der Waals surface area contributed by atoms with Crippen molar-refractivity contribution in [1.82, 2.24) is 25.4 Å². The number of rotatable bonds is 9. The maximum atomic E-state index is 4.21. The van der Waals surface area contributed by atoms with Crippen LogP contribution in [0.1, 0.15) is 51.8 Å². The van der Waals surface area contributed by atoms with E-state index in [1.165, 1.54) is 32.1 Å². The molecule has 7 heteroatoms. The summed E-state index contributed by atoms with van der Waals surface area (Å²) in [5, 5.41) is 10.6. The van der Waals surface area contributed by atoms with Crippen LogP contribution in [0.25, 0.3) is 0 Å². The Hall–Kier alpha value is -0.860. The van der Waals surface area contributed by atoms with Gasteiger partial charge in [0, 0.05) is 20.6 Å². The molecule has 6 nitrogen and oxygen atoms in total. The maximum Gasteiger partial charge on any atom is 0.191 e. The first kappa shape index (κ1) is 21.1. The summed E-state index contributed by atoms with van der Waals surface area (Å²) >= 11 is 0. The number of halogens is 1. The van der Waals surface area contributed by atoms with Gasteiger partial charge < -0.3 is 10.6 Å². The second-order valence-electron chi connectivity index (χ2n) is 5.75. The monoisotopic (exact) mass is 422 g/mol. The highest BCUT2D eigenvalue weighted by atomic mass is 127. The number of aliphatic imine (C=N–C) groups is 1. The van der Waals surface area contributed by atoms with Crippen LogP contribution in [0.2, 0.25) is 0 Å². The fourth-order valence-electron chi connectivity index (χ4n) is 2.10. The van der Waals surface area contributed by atoms with Gasteiger partial charge in [0.15, 0.2) is 5.96 Å². The van der Waals surface area contributed by atoms with E-state index in [1.54, 1.807) is 18.1 Å². The first-order valence-corrected chi connectivity index (χ1v) is 7.91. The lowest BCUT2D eigenvalue weighted by Gasteiger charge is -2.11. The lowest BCUT2D eigenvalue weighted by molar-refractivity contribution is 0.518. The van der Waals surface area contributed by atoms with Crippen molar-refractivity contribution in [3.8, 4) is 0 Å². The van der Waals surface area contributed by atoms with Gasteiger partial charge in [0.1, 0.15) is 12.2 Å². The molecule has 1 heterocycles. The summed E-state index contributed by atoms with van der Waals surface area (Å²) in [4.78, 5) is 8.38. The van der Waals surface area contributed by atoms with Crippen LogP contribution in [-0.4, -0.2) is 34.3 Å². The molecule has 0 spiro atoms. The third-order valence-electron chi connectivity index (χ3n) is 3.44. The van der Waals surface area contributed by atoms with Gasteiger partial charge in [0.2, 0.25) is 0 Å². The fraction of sp³-hybridized carbons (Fsp3) is 0.800. The number of guanidine groups is 1. The molecule has 0 fully saturated rings. The highest BCUT2D eigenvalue weighted by Gasteiger charge is 2.02. The lowest BCUT2D eigenvalue weighted by Crippen LogP contribution is -2.37. The van der Waals surface area contributed by atoms with Crippen molar-refractivity contribution in [2.45, 2.75) is 52.5 Å². The number of unbranched alkanes of at least 4 members (excludes halogenated alkanes) is 3. The number of hydrogen-bond donors (Lipinski definition) is 2. The number of aromatic nitrogens is 3. The Kier molecular flexibility index (Phi) is 12.2. The average molecular weight is 422 g/mol. The normalized spacial score (nSPS) is 11.4. The van der Waals surface area contributed by atoms with E-state index in [9.17, 15) is 0 Å². The van der Waals surface area contributed by atoms with Gasteiger partial charge in [-0.15, -0.1) is 24.0 Å². The molecular formula is C15H31IN6. The minimum absolute atomic E-state index is 0. The topological polar surface area (TPSA) is 67.1 Å². The summed E-state index contributed by atoms with van der Waals surface area (Å²) in [6, 6.07) is 0. The molecule has 1 aromatic rings. The fourth-order valence-corrected chi connectivity index (χ4v) is 2.10. The molecule has 0 amide bonds. The summed E-state index contributed by atoms with van der Waals surface area (Å²) in [5.74, 6) is 2.54. The molecule has 0 aromatic carbocycles. The van der Waals surface area contributed by atoms with Crippen molar-refractivity contribution in [1.29, 1.82) is 0 Å². The quantitative estimate of drug-likeness (QED) is 0.278. The summed E-state index contributed by atoms with van der Waals surface area (Å²) in [5.41, 5.74) is 0. The molecular weight excluding hydrogens is 391 g/mol. The van der Waals surface area contributed by atoms with Crippen LogP contribution in [0.3, 0.4) is 0 Å². The Bertz CT molecular complexity index is 416. The minimum atomic E-state index is 0. The maximum absolute atomic E-state index is 4.21. The smallest absolute Gasteiger partial charge is 0.191 e. The molecule has 0 saturated carbocycles. The van der Waals surface area contributed by atoms with Crippen molar-refractivity contribution in [2.24, 2.45) is 18.0 Å². The van der Waals surface area contributed by atoms with Crippen LogP contribution in [0.15, 0.2) is 11.3 Å². The molecule has 0 radical (unpaired) electrons. The van der Waals surface area contributed by atoms with Crippen molar-refractivity contribution >= 4 is 29.9 Å². The van der Waals surface area contributed by atoms with E-state index in [0.29, 0.717) is 6.54 Å². The molecule has 0 aliphatic rings. The molecule has 0 unspecified atom stereocenters. The summed E-state index contributed by atoms with van der Waals surface area (Å²) < 4.78 is 1.76. The van der Waals surface area contributed by atoms with Gasteiger partial charge in [-0.05, 0) is 12.3 Å². The molecule has 22 heavy (non-hydrogen) atoms. The van der Waals surface area contributed by atoms with E-state index in [4.69, 9.17) is 0 Å². The Balaban J connectivity index is 0.00000441. The van der Waals surface area contributed by atoms with E-state index in [-0.39, 0.29) is 24.0 Å². The van der Waals surface area contributed by atoms with Crippen LogP contribution in [0.5, 0.6) is 0 Å². The van der Waals surface area contributed by atoms with Gasteiger partial charge in [-0.25, -0.2) is 4.98 Å². The number of aryl methyl sites for hydroxylation is 1. The van der Waals surface area contributed by atoms with Gasteiger partial charge in [-0.1, -0.05) is 39.5 Å². The van der Waals surface area contributed by atoms with E-state index in [2.05, 4.69) is 39.6 Å². The number of nitrogens with zero attached hydrogens (tertiary/aromatic N) is 4. The van der Waals surface area contributed by atoms with Gasteiger partial charge in [-0.3, -0.25) is 9.67 Å². The van der Waals surface area contributed by atoms with E-state index in [1.807, 2.05) is 7.05 Å². The summed E-state index contributed by atoms with van der Waals surface area (Å²) in [6.45, 7) is 6.16. The molecule has 128 valence electrons. The SMILES string of the molecule is CN=C(NCCCCCCC(C)C)NCc1ncnn1C.I. The molecule has 0 aliphatic carbocycles. The molecule has 0 aliphatic heterocycles. The zero-order valence-electron chi connectivity index (χ0n) is 14.3. The van der Waals surface area contributed by atoms with Crippen LogP contribution >= 0.6 is 24.0 Å². The summed E-state index contributed by atoms with van der Waals surface area (Å²) in [6.07, 6.45) is 8.03. The van der Waals surface area contributed by atoms with Crippen LogP contribution in [0.4, 0.5) is 0 Å². The highest BCUT2D eigenvalue weighted by molar-refractivity contribution is 14.0. The van der Waals surface area contributed by atoms with E-state index >= 15 is 0 Å². The third kappa shape index (κ3) is 9.22. The number of hydrogen-bond acceptors (Lipinski definition) is 3. The first-order valence-electron chi connectivity index (χ1n) is 7.91. The largest absolute Gasteiger partial charge is 0.356 e. The average Bonchev–Trinajstić information content (AvgIpc) is 2.86. The van der Waals surface area contributed by atoms with Crippen LogP contribution < -0.4 is 10.6 Å². The van der Waals surface area contributed by atoms with Crippen molar-refractivity contribution in [3.05, 3.63) is 12.2 Å². The van der Waals surface area contributed by atoms with Gasteiger partial charge >= 0.3 is 0 Å². The minimum Gasteiger partial charge on any atom is -0.356 e. The molecule has 1 rings (SSSR count). The molecule has 1 aromatic heterocycles. The highest BCUT2D eigenvalue weighted by Crippen LogP contribution is 2.08. The Labute approximate surface area is 151 Å². The predicted octanol–water partition coefficient (Wildman–Crippen LogP) is 2.70. The summed E-state index contributed by atoms with van der Waals surface area (Å²) in [7, 11) is 3.67. The van der Waals surface area contributed by atoms with E-state index in [0.717, 1.165) is 24.2 Å². The Morgan fingerprint density at radius 1 is 1.23 bits per heavy atom. The molecule has 0 atom stereocenters. The molecule has 0 saturated heterocycles. The molecule has 0 bridgehead atoms. The Morgan fingerprint density at radius 3 is 2.55 bits per heavy atom. The first-order chi connectivity index (χ1) is 10.1. The van der Waals surface area contributed by atoms with Gasteiger partial charge in [-0.2, -0.15) is 5.10 Å². The zero-order valence-corrected chi connectivity index (χ0v) is 16.6. The predicted molar refractivity (Wildman–Crippen MR) is 103 cm³/mol. The third-order valence-corrected chi connectivity index (χ3v) is 3.44. The van der Waals surface area contributed by atoms with Crippen LogP contribution in [-0.2, 0) is 13.6 Å². The van der Waals surface area contributed by atoms with Crippen molar-refractivity contribution in [2.75, 3.05) is 13.6 Å².